The first-order valence-electron chi connectivity index (χ1n) is 8.96. The first kappa shape index (κ1) is 16.6. The monoisotopic (exact) mass is 354 g/mol. The largest absolute Gasteiger partial charge is 0.484 e. The quantitative estimate of drug-likeness (QED) is 0.835. The van der Waals surface area contributed by atoms with Gasteiger partial charge in [-0.2, -0.15) is 5.10 Å². The van der Waals surface area contributed by atoms with Crippen LogP contribution in [-0.2, 0) is 22.6 Å². The lowest BCUT2D eigenvalue weighted by molar-refractivity contribution is -0.118. The van der Waals surface area contributed by atoms with Gasteiger partial charge < -0.3 is 15.4 Å². The van der Waals surface area contributed by atoms with E-state index >= 15 is 0 Å². The van der Waals surface area contributed by atoms with Crippen molar-refractivity contribution in [3.05, 3.63) is 35.5 Å². The Morgan fingerprint density at radius 3 is 3.04 bits per heavy atom. The number of fused-ring (bicyclic) bond motifs is 1. The molecule has 1 aromatic carbocycles. The van der Waals surface area contributed by atoms with Gasteiger partial charge in [0.2, 0.25) is 5.91 Å². The molecule has 2 amide bonds. The third-order valence-electron chi connectivity index (χ3n) is 4.75. The van der Waals surface area contributed by atoms with Crippen LogP contribution in [-0.4, -0.2) is 28.2 Å². The van der Waals surface area contributed by atoms with E-state index in [0.29, 0.717) is 24.5 Å². The SMILES string of the molecule is Cc1cnn(CC2CC2)c1NC(=O)COc1ccc2c(c1)CCC(=O)N2. The Balaban J connectivity index is 1.36. The van der Waals surface area contributed by atoms with E-state index in [-0.39, 0.29) is 18.4 Å². The summed E-state index contributed by atoms with van der Waals surface area (Å²) in [6, 6.07) is 5.46. The second kappa shape index (κ2) is 6.82. The van der Waals surface area contributed by atoms with Crippen LogP contribution >= 0.6 is 0 Å². The molecule has 0 atom stereocenters. The smallest absolute Gasteiger partial charge is 0.263 e. The van der Waals surface area contributed by atoms with Crippen molar-refractivity contribution in [2.24, 2.45) is 5.92 Å². The predicted molar refractivity (Wildman–Crippen MR) is 97.2 cm³/mol. The lowest BCUT2D eigenvalue weighted by Crippen LogP contribution is -2.23. The lowest BCUT2D eigenvalue weighted by atomic mass is 10.0. The van der Waals surface area contributed by atoms with Gasteiger partial charge in [-0.25, -0.2) is 4.68 Å². The number of amides is 2. The van der Waals surface area contributed by atoms with E-state index in [1.807, 2.05) is 23.7 Å². The van der Waals surface area contributed by atoms with Gasteiger partial charge in [0.25, 0.3) is 5.91 Å². The number of aromatic nitrogens is 2. The van der Waals surface area contributed by atoms with E-state index in [9.17, 15) is 9.59 Å². The Morgan fingerprint density at radius 2 is 2.23 bits per heavy atom. The zero-order valence-corrected chi connectivity index (χ0v) is 14.7. The lowest BCUT2D eigenvalue weighted by Gasteiger charge is -2.17. The highest BCUT2D eigenvalue weighted by Gasteiger charge is 2.24. The fraction of sp³-hybridized carbons (Fsp3) is 0.421. The number of hydrogen-bond donors (Lipinski definition) is 2. The van der Waals surface area contributed by atoms with E-state index in [0.717, 1.165) is 29.2 Å². The highest BCUT2D eigenvalue weighted by atomic mass is 16.5. The van der Waals surface area contributed by atoms with Gasteiger partial charge >= 0.3 is 0 Å². The van der Waals surface area contributed by atoms with Crippen LogP contribution in [0.1, 0.15) is 30.4 Å². The zero-order chi connectivity index (χ0) is 18.1. The third-order valence-corrected chi connectivity index (χ3v) is 4.75. The second-order valence-electron chi connectivity index (χ2n) is 7.01. The summed E-state index contributed by atoms with van der Waals surface area (Å²) in [7, 11) is 0. The summed E-state index contributed by atoms with van der Waals surface area (Å²) in [4.78, 5) is 23.7. The van der Waals surface area contributed by atoms with E-state index in [1.165, 1.54) is 12.8 Å². The predicted octanol–water partition coefficient (Wildman–Crippen LogP) is 2.50. The van der Waals surface area contributed by atoms with Gasteiger partial charge in [-0.05, 0) is 55.9 Å². The molecule has 7 nitrogen and oxygen atoms in total. The van der Waals surface area contributed by atoms with Crippen LogP contribution in [0.4, 0.5) is 11.5 Å². The van der Waals surface area contributed by atoms with Crippen molar-refractivity contribution >= 4 is 23.3 Å². The number of carbonyl (C=O) groups excluding carboxylic acids is 2. The van der Waals surface area contributed by atoms with Crippen LogP contribution < -0.4 is 15.4 Å². The van der Waals surface area contributed by atoms with Crippen molar-refractivity contribution in [3.8, 4) is 5.75 Å². The number of benzene rings is 1. The minimum atomic E-state index is -0.211. The average molecular weight is 354 g/mol. The molecule has 0 unspecified atom stereocenters. The molecule has 1 aliphatic heterocycles. The molecule has 26 heavy (non-hydrogen) atoms. The van der Waals surface area contributed by atoms with Crippen molar-refractivity contribution in [3.63, 3.8) is 0 Å². The number of anilines is 2. The average Bonchev–Trinajstić information content (AvgIpc) is 3.39. The summed E-state index contributed by atoms with van der Waals surface area (Å²) in [6.45, 7) is 2.71. The van der Waals surface area contributed by atoms with Crippen molar-refractivity contribution in [2.75, 3.05) is 17.2 Å². The first-order chi connectivity index (χ1) is 12.6. The van der Waals surface area contributed by atoms with Crippen LogP contribution in [0.3, 0.4) is 0 Å². The number of ether oxygens (including phenoxy) is 1. The molecule has 0 bridgehead atoms. The Kier molecular flexibility index (Phi) is 4.36. The van der Waals surface area contributed by atoms with Gasteiger partial charge in [-0.15, -0.1) is 0 Å². The molecular formula is C19H22N4O3. The van der Waals surface area contributed by atoms with E-state index < -0.39 is 0 Å². The fourth-order valence-electron chi connectivity index (χ4n) is 3.09. The molecule has 2 aliphatic rings. The normalized spacial score (nSPS) is 16.0. The van der Waals surface area contributed by atoms with Crippen LogP contribution in [0.25, 0.3) is 0 Å². The third kappa shape index (κ3) is 3.71. The van der Waals surface area contributed by atoms with Gasteiger partial charge in [0.15, 0.2) is 6.61 Å². The molecule has 2 N–H and O–H groups in total. The molecule has 0 spiro atoms. The summed E-state index contributed by atoms with van der Waals surface area (Å²) in [6.07, 6.45) is 5.39. The number of nitrogens with zero attached hydrogens (tertiary/aromatic N) is 2. The van der Waals surface area contributed by atoms with Crippen molar-refractivity contribution in [2.45, 2.75) is 39.2 Å². The zero-order valence-electron chi connectivity index (χ0n) is 14.7. The number of rotatable bonds is 6. The summed E-state index contributed by atoms with van der Waals surface area (Å²) in [5.74, 6) is 1.87. The van der Waals surface area contributed by atoms with Crippen molar-refractivity contribution in [1.82, 2.24) is 9.78 Å². The Labute approximate surface area is 151 Å². The molecule has 1 aliphatic carbocycles. The first-order valence-corrected chi connectivity index (χ1v) is 8.96. The highest BCUT2D eigenvalue weighted by Crippen LogP contribution is 2.32. The van der Waals surface area contributed by atoms with Crippen molar-refractivity contribution < 1.29 is 14.3 Å². The molecule has 0 saturated heterocycles. The minimum Gasteiger partial charge on any atom is -0.484 e. The maximum Gasteiger partial charge on any atom is 0.263 e. The van der Waals surface area contributed by atoms with Gasteiger partial charge in [-0.3, -0.25) is 9.59 Å². The molecule has 1 saturated carbocycles. The van der Waals surface area contributed by atoms with Gasteiger partial charge in [0.05, 0.1) is 6.20 Å². The minimum absolute atomic E-state index is 0.0312. The van der Waals surface area contributed by atoms with Crippen LogP contribution in [0.2, 0.25) is 0 Å². The topological polar surface area (TPSA) is 85.2 Å². The standard InChI is InChI=1S/C19H22N4O3/c1-12-9-20-23(10-13-2-3-13)19(12)22-18(25)11-26-15-5-6-16-14(8-15)4-7-17(24)21-16/h5-6,8-9,13H,2-4,7,10-11H2,1H3,(H,21,24)(H,22,25). The van der Waals surface area contributed by atoms with E-state index in [1.54, 1.807) is 12.3 Å². The van der Waals surface area contributed by atoms with Crippen LogP contribution in [0.15, 0.2) is 24.4 Å². The maximum absolute atomic E-state index is 12.3. The maximum atomic E-state index is 12.3. The molecule has 0 radical (unpaired) electrons. The summed E-state index contributed by atoms with van der Waals surface area (Å²) in [5.41, 5.74) is 2.79. The van der Waals surface area contributed by atoms with E-state index in [2.05, 4.69) is 15.7 Å². The number of nitrogens with one attached hydrogen (secondary N) is 2. The summed E-state index contributed by atoms with van der Waals surface area (Å²) >= 11 is 0. The fourth-order valence-corrected chi connectivity index (χ4v) is 3.09. The molecule has 7 heteroatoms. The van der Waals surface area contributed by atoms with Crippen molar-refractivity contribution in [1.29, 1.82) is 0 Å². The summed E-state index contributed by atoms with van der Waals surface area (Å²) < 4.78 is 7.50. The molecule has 1 fully saturated rings. The molecule has 1 aromatic heterocycles. The molecular weight excluding hydrogens is 332 g/mol. The summed E-state index contributed by atoms with van der Waals surface area (Å²) in [5, 5.41) is 10.1. The number of carbonyl (C=O) groups is 2. The Bertz CT molecular complexity index is 854. The highest BCUT2D eigenvalue weighted by molar-refractivity contribution is 5.94. The number of aryl methyl sites for hydroxylation is 2. The molecule has 2 aromatic rings. The number of hydrogen-bond acceptors (Lipinski definition) is 4. The molecule has 136 valence electrons. The second-order valence-corrected chi connectivity index (χ2v) is 7.01. The Morgan fingerprint density at radius 1 is 1.38 bits per heavy atom. The van der Waals surface area contributed by atoms with Crippen LogP contribution in [0, 0.1) is 12.8 Å². The van der Waals surface area contributed by atoms with Gasteiger partial charge in [-0.1, -0.05) is 0 Å². The molecule has 2 heterocycles. The van der Waals surface area contributed by atoms with E-state index in [4.69, 9.17) is 4.74 Å². The Hall–Kier alpha value is -2.83. The molecule has 4 rings (SSSR count). The van der Waals surface area contributed by atoms with Gasteiger partial charge in [0.1, 0.15) is 11.6 Å². The van der Waals surface area contributed by atoms with Crippen LogP contribution in [0.5, 0.6) is 5.75 Å². The van der Waals surface area contributed by atoms with Gasteiger partial charge in [0, 0.05) is 24.2 Å².